The molecule has 1 rings (SSSR count). The molecule has 0 aliphatic carbocycles. The van der Waals surface area contributed by atoms with Crippen molar-refractivity contribution in [1.29, 1.82) is 0 Å². The number of rotatable bonds is 3. The Morgan fingerprint density at radius 3 is 2.77 bits per heavy atom. The molecular weight excluding hydrogens is 186 g/mol. The summed E-state index contributed by atoms with van der Waals surface area (Å²) in [6.07, 6.45) is 1.13. The second-order valence-electron chi connectivity index (χ2n) is 2.70. The van der Waals surface area contributed by atoms with E-state index in [1.807, 2.05) is 19.9 Å². The van der Waals surface area contributed by atoms with Crippen LogP contribution in [0, 0.1) is 13.8 Å². The van der Waals surface area contributed by atoms with Crippen molar-refractivity contribution in [1.82, 2.24) is 4.98 Å². The fraction of sp³-hybridized carbons (Fsp3) is 0.222. The maximum Gasteiger partial charge on any atom is 0.328 e. The zero-order valence-electron chi connectivity index (χ0n) is 7.50. The van der Waals surface area contributed by atoms with Crippen LogP contribution in [0.15, 0.2) is 22.4 Å². The van der Waals surface area contributed by atoms with Crippen molar-refractivity contribution < 1.29 is 9.90 Å². The van der Waals surface area contributed by atoms with Crippen LogP contribution in [0.4, 0.5) is 0 Å². The highest BCUT2D eigenvalue weighted by Gasteiger charge is 1.99. The van der Waals surface area contributed by atoms with Gasteiger partial charge in [0.1, 0.15) is 0 Å². The van der Waals surface area contributed by atoms with E-state index in [1.54, 1.807) is 5.41 Å². The van der Waals surface area contributed by atoms with Gasteiger partial charge in [-0.2, -0.15) is 0 Å². The molecule has 1 heterocycles. The normalized spacial score (nSPS) is 10.9. The zero-order valence-corrected chi connectivity index (χ0v) is 8.31. The number of aryl methyl sites for hydroxylation is 2. The van der Waals surface area contributed by atoms with Crippen molar-refractivity contribution in [3.63, 3.8) is 0 Å². The molecule has 0 fully saturated rings. The summed E-state index contributed by atoms with van der Waals surface area (Å²) < 4.78 is 0. The number of nitrogens with one attached hydrogen (secondary N) is 1. The summed E-state index contributed by atoms with van der Waals surface area (Å²) in [5.74, 6) is -0.919. The smallest absolute Gasteiger partial charge is 0.328 e. The number of aliphatic carboxylic acids is 1. The minimum absolute atomic E-state index is 0.919. The lowest BCUT2D eigenvalue weighted by Gasteiger charge is -1.90. The number of carbonyl (C=O) groups is 1. The number of aromatic amines is 1. The Labute approximate surface area is 80.9 Å². The highest BCUT2D eigenvalue weighted by Crippen LogP contribution is 2.23. The Hall–Kier alpha value is -1.16. The van der Waals surface area contributed by atoms with Crippen LogP contribution in [0.5, 0.6) is 0 Å². The molecule has 2 N–H and O–H groups in total. The molecule has 0 radical (unpaired) electrons. The molecule has 0 amide bonds. The number of H-pyrrole nitrogens is 1. The molecule has 4 heteroatoms. The quantitative estimate of drug-likeness (QED) is 0.577. The lowest BCUT2D eigenvalue weighted by molar-refractivity contribution is -0.131. The van der Waals surface area contributed by atoms with Crippen LogP contribution in [-0.4, -0.2) is 16.1 Å². The maximum atomic E-state index is 10.2. The molecular formula is C9H11NO2S. The van der Waals surface area contributed by atoms with Crippen LogP contribution >= 0.6 is 11.8 Å². The topological polar surface area (TPSA) is 53.1 Å². The fourth-order valence-corrected chi connectivity index (χ4v) is 1.79. The molecule has 0 atom stereocenters. The Kier molecular flexibility index (Phi) is 3.19. The number of thioether (sulfide) groups is 1. The van der Waals surface area contributed by atoms with E-state index in [4.69, 9.17) is 5.11 Å². The van der Waals surface area contributed by atoms with Crippen LogP contribution in [-0.2, 0) is 4.79 Å². The molecule has 13 heavy (non-hydrogen) atoms. The predicted octanol–water partition coefficient (Wildman–Crippen LogP) is 2.32. The van der Waals surface area contributed by atoms with Gasteiger partial charge in [0.15, 0.2) is 0 Å². The van der Waals surface area contributed by atoms with E-state index in [9.17, 15) is 4.79 Å². The van der Waals surface area contributed by atoms with Crippen LogP contribution in [0.1, 0.15) is 11.4 Å². The van der Waals surface area contributed by atoms with Gasteiger partial charge in [0, 0.05) is 22.4 Å². The molecule has 1 aromatic rings. The summed E-state index contributed by atoms with van der Waals surface area (Å²) in [5, 5.41) is 9.93. The minimum atomic E-state index is -0.919. The van der Waals surface area contributed by atoms with E-state index in [2.05, 4.69) is 4.98 Å². The number of hydrogen-bond donors (Lipinski definition) is 2. The van der Waals surface area contributed by atoms with Gasteiger partial charge in [0.2, 0.25) is 0 Å². The number of carboxylic acid groups (broad SMARTS) is 1. The van der Waals surface area contributed by atoms with Crippen LogP contribution < -0.4 is 0 Å². The van der Waals surface area contributed by atoms with Crippen LogP contribution in [0.3, 0.4) is 0 Å². The standard InChI is InChI=1S/C9H11NO2S/c1-6-5-8(7(2)10-6)13-4-3-9(11)12/h3-5,10H,1-2H3,(H,11,12)/b4-3+. The lowest BCUT2D eigenvalue weighted by atomic mass is 10.4. The molecule has 1 aromatic heterocycles. The second-order valence-corrected chi connectivity index (χ2v) is 3.65. The molecule has 70 valence electrons. The van der Waals surface area contributed by atoms with E-state index in [1.165, 1.54) is 11.8 Å². The number of aromatic nitrogens is 1. The molecule has 0 aliphatic rings. The summed E-state index contributed by atoms with van der Waals surface area (Å²) in [7, 11) is 0. The summed E-state index contributed by atoms with van der Waals surface area (Å²) in [6, 6.07) is 1.99. The summed E-state index contributed by atoms with van der Waals surface area (Å²) >= 11 is 1.40. The summed E-state index contributed by atoms with van der Waals surface area (Å²) in [4.78, 5) is 14.4. The predicted molar refractivity (Wildman–Crippen MR) is 52.9 cm³/mol. The van der Waals surface area contributed by atoms with Crippen molar-refractivity contribution in [2.24, 2.45) is 0 Å². The zero-order chi connectivity index (χ0) is 9.84. The molecule has 0 aromatic carbocycles. The van der Waals surface area contributed by atoms with Gasteiger partial charge in [-0.25, -0.2) is 4.79 Å². The van der Waals surface area contributed by atoms with Crippen molar-refractivity contribution in [2.75, 3.05) is 0 Å². The molecule has 0 bridgehead atoms. The first kappa shape index (κ1) is 9.92. The van der Waals surface area contributed by atoms with E-state index < -0.39 is 5.97 Å². The Bertz CT molecular complexity index is 341. The third-order valence-electron chi connectivity index (χ3n) is 1.51. The highest BCUT2D eigenvalue weighted by atomic mass is 32.2. The molecule has 0 aliphatic heterocycles. The van der Waals surface area contributed by atoms with Gasteiger partial charge < -0.3 is 10.1 Å². The first-order chi connectivity index (χ1) is 6.09. The van der Waals surface area contributed by atoms with Crippen molar-refractivity contribution in [3.05, 3.63) is 28.9 Å². The van der Waals surface area contributed by atoms with E-state index in [0.29, 0.717) is 0 Å². The van der Waals surface area contributed by atoms with E-state index in [0.717, 1.165) is 22.4 Å². The van der Waals surface area contributed by atoms with E-state index in [-0.39, 0.29) is 0 Å². The molecule has 0 saturated heterocycles. The maximum absolute atomic E-state index is 10.2. The largest absolute Gasteiger partial charge is 0.478 e. The van der Waals surface area contributed by atoms with Gasteiger partial charge in [0.25, 0.3) is 0 Å². The van der Waals surface area contributed by atoms with Gasteiger partial charge >= 0.3 is 5.97 Å². The molecule has 0 unspecified atom stereocenters. The van der Waals surface area contributed by atoms with Crippen molar-refractivity contribution in [2.45, 2.75) is 18.7 Å². The first-order valence-corrected chi connectivity index (χ1v) is 4.70. The van der Waals surface area contributed by atoms with Crippen molar-refractivity contribution in [3.8, 4) is 0 Å². The monoisotopic (exact) mass is 197 g/mol. The van der Waals surface area contributed by atoms with Crippen molar-refractivity contribution >= 4 is 17.7 Å². The average Bonchev–Trinajstić information content (AvgIpc) is 2.29. The molecule has 3 nitrogen and oxygen atoms in total. The van der Waals surface area contributed by atoms with E-state index >= 15 is 0 Å². The third kappa shape index (κ3) is 2.99. The molecule has 0 spiro atoms. The average molecular weight is 197 g/mol. The Balaban J connectivity index is 2.64. The second kappa shape index (κ2) is 4.18. The highest BCUT2D eigenvalue weighted by molar-refractivity contribution is 8.02. The summed E-state index contributed by atoms with van der Waals surface area (Å²) in [5.41, 5.74) is 2.15. The summed E-state index contributed by atoms with van der Waals surface area (Å²) in [6.45, 7) is 3.93. The minimum Gasteiger partial charge on any atom is -0.478 e. The third-order valence-corrected chi connectivity index (χ3v) is 2.46. The van der Waals surface area contributed by atoms with Gasteiger partial charge in [-0.15, -0.1) is 0 Å². The van der Waals surface area contributed by atoms with Crippen LogP contribution in [0.25, 0.3) is 0 Å². The first-order valence-electron chi connectivity index (χ1n) is 3.82. The SMILES string of the molecule is Cc1cc(S/C=C/C(=O)O)c(C)[nH]1. The molecule has 0 saturated carbocycles. The Morgan fingerprint density at radius 2 is 2.31 bits per heavy atom. The number of hydrogen-bond acceptors (Lipinski definition) is 2. The van der Waals surface area contributed by atoms with Gasteiger partial charge in [-0.3, -0.25) is 0 Å². The van der Waals surface area contributed by atoms with Gasteiger partial charge in [-0.05, 0) is 25.3 Å². The number of carboxylic acids is 1. The fourth-order valence-electron chi connectivity index (χ4n) is 0.986. The van der Waals surface area contributed by atoms with Gasteiger partial charge in [0.05, 0.1) is 0 Å². The van der Waals surface area contributed by atoms with Crippen LogP contribution in [0.2, 0.25) is 0 Å². The Morgan fingerprint density at radius 1 is 1.62 bits per heavy atom. The van der Waals surface area contributed by atoms with Gasteiger partial charge in [-0.1, -0.05) is 11.8 Å². The lowest BCUT2D eigenvalue weighted by Crippen LogP contribution is -1.84.